The summed E-state index contributed by atoms with van der Waals surface area (Å²) in [4.78, 5) is 21.1. The lowest BCUT2D eigenvalue weighted by Gasteiger charge is -2.19. The van der Waals surface area contributed by atoms with Gasteiger partial charge in [0.15, 0.2) is 0 Å². The average Bonchev–Trinajstić information content (AvgIpc) is 2.50. The SMILES string of the molecule is C=C[Si](C)(C=C)c1ccc(C(=O)OOCCOC)cc1. The summed E-state index contributed by atoms with van der Waals surface area (Å²) in [6.07, 6.45) is 0. The van der Waals surface area contributed by atoms with Crippen LogP contribution in [0.25, 0.3) is 0 Å². The summed E-state index contributed by atoms with van der Waals surface area (Å²) in [6.45, 7) is 10.4. The van der Waals surface area contributed by atoms with E-state index in [1.54, 1.807) is 19.2 Å². The minimum Gasteiger partial charge on any atom is -0.382 e. The van der Waals surface area contributed by atoms with Crippen LogP contribution in [0, 0.1) is 0 Å². The molecule has 1 aromatic carbocycles. The van der Waals surface area contributed by atoms with Crippen molar-refractivity contribution >= 4 is 19.2 Å². The zero-order valence-corrected chi connectivity index (χ0v) is 12.9. The van der Waals surface area contributed by atoms with Gasteiger partial charge in [-0.2, -0.15) is 4.89 Å². The van der Waals surface area contributed by atoms with E-state index in [1.165, 1.54) is 0 Å². The molecule has 20 heavy (non-hydrogen) atoms. The molecular formula is C15H20O4Si. The van der Waals surface area contributed by atoms with Crippen LogP contribution in [0.3, 0.4) is 0 Å². The van der Waals surface area contributed by atoms with Gasteiger partial charge in [0.25, 0.3) is 0 Å². The van der Waals surface area contributed by atoms with Gasteiger partial charge in [0.2, 0.25) is 0 Å². The van der Waals surface area contributed by atoms with Crippen LogP contribution in [0.4, 0.5) is 0 Å². The Balaban J connectivity index is 2.69. The predicted molar refractivity (Wildman–Crippen MR) is 81.3 cm³/mol. The highest BCUT2D eigenvalue weighted by molar-refractivity contribution is 6.98. The van der Waals surface area contributed by atoms with E-state index < -0.39 is 14.0 Å². The molecule has 0 aliphatic heterocycles. The maximum atomic E-state index is 11.7. The minimum absolute atomic E-state index is 0.207. The fraction of sp³-hybridized carbons (Fsp3) is 0.267. The van der Waals surface area contributed by atoms with Crippen molar-refractivity contribution in [1.82, 2.24) is 0 Å². The number of rotatable bonds is 8. The van der Waals surface area contributed by atoms with Gasteiger partial charge in [-0.25, -0.2) is 4.79 Å². The Hall–Kier alpha value is -1.69. The Morgan fingerprint density at radius 2 is 1.80 bits per heavy atom. The highest BCUT2D eigenvalue weighted by Crippen LogP contribution is 2.08. The first-order chi connectivity index (χ1) is 9.57. The van der Waals surface area contributed by atoms with Crippen molar-refractivity contribution in [3.8, 4) is 0 Å². The van der Waals surface area contributed by atoms with Gasteiger partial charge in [0, 0.05) is 7.11 Å². The lowest BCUT2D eigenvalue weighted by Crippen LogP contribution is -2.40. The molecule has 0 aliphatic carbocycles. The molecule has 0 saturated heterocycles. The fourth-order valence-corrected chi connectivity index (χ4v) is 3.07. The second-order valence-electron chi connectivity index (χ2n) is 4.45. The van der Waals surface area contributed by atoms with E-state index in [-0.39, 0.29) is 6.61 Å². The molecule has 4 nitrogen and oxygen atoms in total. The molecule has 0 bridgehead atoms. The molecule has 1 aromatic rings. The number of methoxy groups -OCH3 is 1. The molecule has 5 heteroatoms. The number of ether oxygens (including phenoxy) is 1. The smallest absolute Gasteiger partial charge is 0.373 e. The van der Waals surface area contributed by atoms with Crippen LogP contribution < -0.4 is 5.19 Å². The summed E-state index contributed by atoms with van der Waals surface area (Å²) >= 11 is 0. The van der Waals surface area contributed by atoms with E-state index in [9.17, 15) is 4.79 Å². The van der Waals surface area contributed by atoms with Crippen LogP contribution in [0.15, 0.2) is 48.8 Å². The van der Waals surface area contributed by atoms with Gasteiger partial charge in [0.05, 0.1) is 12.2 Å². The summed E-state index contributed by atoms with van der Waals surface area (Å²) in [5, 5.41) is 1.14. The molecule has 0 spiro atoms. The van der Waals surface area contributed by atoms with Crippen molar-refractivity contribution in [2.24, 2.45) is 0 Å². The normalized spacial score (nSPS) is 10.9. The lowest BCUT2D eigenvalue weighted by molar-refractivity contribution is -0.246. The number of hydrogen-bond acceptors (Lipinski definition) is 4. The third kappa shape index (κ3) is 4.16. The Morgan fingerprint density at radius 1 is 1.20 bits per heavy atom. The van der Waals surface area contributed by atoms with Crippen LogP contribution in [0.5, 0.6) is 0 Å². The molecule has 0 fully saturated rings. The van der Waals surface area contributed by atoms with Gasteiger partial charge in [-0.1, -0.05) is 35.3 Å². The monoisotopic (exact) mass is 292 g/mol. The largest absolute Gasteiger partial charge is 0.382 e. The summed E-state index contributed by atoms with van der Waals surface area (Å²) in [7, 11) is -0.294. The van der Waals surface area contributed by atoms with Crippen LogP contribution in [-0.4, -0.2) is 34.4 Å². The van der Waals surface area contributed by atoms with E-state index in [0.29, 0.717) is 12.2 Å². The van der Waals surface area contributed by atoms with E-state index in [1.807, 2.05) is 23.5 Å². The maximum absolute atomic E-state index is 11.7. The number of hydrogen-bond donors (Lipinski definition) is 0. The number of carbonyl (C=O) groups excluding carboxylic acids is 1. The Labute approximate surface area is 120 Å². The average molecular weight is 292 g/mol. The molecule has 108 valence electrons. The zero-order valence-electron chi connectivity index (χ0n) is 11.9. The van der Waals surface area contributed by atoms with Crippen LogP contribution >= 0.6 is 0 Å². The van der Waals surface area contributed by atoms with E-state index >= 15 is 0 Å². The van der Waals surface area contributed by atoms with Crippen molar-refractivity contribution in [2.75, 3.05) is 20.3 Å². The molecular weight excluding hydrogens is 272 g/mol. The summed E-state index contributed by atoms with van der Waals surface area (Å²) in [6, 6.07) is 7.24. The number of benzene rings is 1. The fourth-order valence-electron chi connectivity index (χ4n) is 1.55. The van der Waals surface area contributed by atoms with Crippen molar-refractivity contribution in [1.29, 1.82) is 0 Å². The predicted octanol–water partition coefficient (Wildman–Crippen LogP) is 2.16. The quantitative estimate of drug-likeness (QED) is 0.319. The number of carbonyl (C=O) groups is 1. The van der Waals surface area contributed by atoms with Crippen LogP contribution in [0.1, 0.15) is 10.4 Å². The highest BCUT2D eigenvalue weighted by atomic mass is 28.3. The summed E-state index contributed by atoms with van der Waals surface area (Å²) in [5.74, 6) is -0.520. The Morgan fingerprint density at radius 3 is 2.30 bits per heavy atom. The van der Waals surface area contributed by atoms with Gasteiger partial charge < -0.3 is 4.74 Å². The third-order valence-corrected chi connectivity index (χ3v) is 6.37. The van der Waals surface area contributed by atoms with Gasteiger partial charge in [-0.15, -0.1) is 13.2 Å². The molecule has 0 radical (unpaired) electrons. The molecule has 0 aliphatic rings. The summed E-state index contributed by atoms with van der Waals surface area (Å²) < 4.78 is 4.78. The molecule has 0 unspecified atom stereocenters. The van der Waals surface area contributed by atoms with Crippen molar-refractivity contribution in [2.45, 2.75) is 6.55 Å². The first-order valence-corrected chi connectivity index (χ1v) is 8.93. The first kappa shape index (κ1) is 16.4. The first-order valence-electron chi connectivity index (χ1n) is 6.28. The standard InChI is InChI=1S/C15H20O4Si/c1-5-20(4,6-2)14-9-7-13(8-10-14)15(16)19-18-12-11-17-3/h5-10H,1-2,11-12H2,3-4H3. The molecule has 0 amide bonds. The maximum Gasteiger partial charge on any atom is 0.373 e. The minimum atomic E-state index is -1.84. The topological polar surface area (TPSA) is 44.8 Å². The van der Waals surface area contributed by atoms with Crippen molar-refractivity contribution < 1.29 is 19.3 Å². The van der Waals surface area contributed by atoms with Crippen LogP contribution in [-0.2, 0) is 14.5 Å². The van der Waals surface area contributed by atoms with E-state index in [4.69, 9.17) is 9.62 Å². The molecule has 0 saturated carbocycles. The molecule has 0 atom stereocenters. The molecule has 0 heterocycles. The summed E-state index contributed by atoms with van der Waals surface area (Å²) in [5.41, 5.74) is 4.33. The van der Waals surface area contributed by atoms with Gasteiger partial charge in [-0.3, -0.25) is 4.89 Å². The van der Waals surface area contributed by atoms with E-state index in [0.717, 1.165) is 5.19 Å². The van der Waals surface area contributed by atoms with Crippen molar-refractivity contribution in [3.05, 3.63) is 54.4 Å². The van der Waals surface area contributed by atoms with E-state index in [2.05, 4.69) is 24.6 Å². The second-order valence-corrected chi connectivity index (χ2v) is 8.41. The molecule has 0 aromatic heterocycles. The van der Waals surface area contributed by atoms with Gasteiger partial charge in [0.1, 0.15) is 14.7 Å². The third-order valence-electron chi connectivity index (χ3n) is 3.10. The van der Waals surface area contributed by atoms with Crippen LogP contribution in [0.2, 0.25) is 6.55 Å². The zero-order chi connectivity index (χ0) is 15.0. The molecule has 0 N–H and O–H groups in total. The second kappa shape index (κ2) is 7.79. The Bertz CT molecular complexity index is 459. The lowest BCUT2D eigenvalue weighted by atomic mass is 10.2. The molecule has 1 rings (SSSR count). The van der Waals surface area contributed by atoms with Crippen molar-refractivity contribution in [3.63, 3.8) is 0 Å². The van der Waals surface area contributed by atoms with Gasteiger partial charge in [-0.05, 0) is 12.1 Å². The Kier molecular flexibility index (Phi) is 6.37. The highest BCUT2D eigenvalue weighted by Gasteiger charge is 2.22. The van der Waals surface area contributed by atoms with Gasteiger partial charge >= 0.3 is 5.97 Å².